The molecule has 0 aliphatic rings. The lowest BCUT2D eigenvalue weighted by atomic mass is 10.1. The number of amides is 1. The Morgan fingerprint density at radius 2 is 2.29 bits per heavy atom. The molecule has 0 unspecified atom stereocenters. The highest BCUT2D eigenvalue weighted by molar-refractivity contribution is 5.78. The largest absolute Gasteiger partial charge is 0.384 e. The highest BCUT2D eigenvalue weighted by atomic mass is 16.6. The normalized spacial score (nSPS) is 10.3. The van der Waals surface area contributed by atoms with E-state index in [1.807, 2.05) is 0 Å². The van der Waals surface area contributed by atoms with Crippen LogP contribution in [0.15, 0.2) is 30.5 Å². The third-order valence-corrected chi connectivity index (χ3v) is 3.03. The third kappa shape index (κ3) is 3.56. The van der Waals surface area contributed by atoms with E-state index in [0.717, 1.165) is 5.56 Å². The standard InChI is InChI=1S/C13H15N5O3/c1-17-13(14)10(8-16-17)7-15-12(19)6-9-3-2-4-11(5-9)18(20)21/h2-5,8H,6-7,14H2,1H3,(H,15,19). The number of nitro groups is 1. The van der Waals surface area contributed by atoms with Crippen LogP contribution in [-0.2, 0) is 24.8 Å². The SMILES string of the molecule is Cn1ncc(CNC(=O)Cc2cccc([N+](=O)[O-])c2)c1N. The van der Waals surface area contributed by atoms with E-state index in [0.29, 0.717) is 11.4 Å². The number of rotatable bonds is 5. The van der Waals surface area contributed by atoms with E-state index in [-0.39, 0.29) is 24.6 Å². The minimum Gasteiger partial charge on any atom is -0.384 e. The Labute approximate surface area is 120 Å². The van der Waals surface area contributed by atoms with E-state index < -0.39 is 4.92 Å². The van der Waals surface area contributed by atoms with Crippen molar-refractivity contribution in [3.8, 4) is 0 Å². The number of nitrogens with two attached hydrogens (primary N) is 1. The summed E-state index contributed by atoms with van der Waals surface area (Å²) in [6.07, 6.45) is 1.66. The Morgan fingerprint density at radius 1 is 1.52 bits per heavy atom. The third-order valence-electron chi connectivity index (χ3n) is 3.03. The van der Waals surface area contributed by atoms with Crippen molar-refractivity contribution in [2.45, 2.75) is 13.0 Å². The quantitative estimate of drug-likeness (QED) is 0.623. The molecule has 2 aromatic rings. The maximum Gasteiger partial charge on any atom is 0.269 e. The molecule has 0 bridgehead atoms. The molecule has 0 radical (unpaired) electrons. The van der Waals surface area contributed by atoms with Crippen LogP contribution in [-0.4, -0.2) is 20.6 Å². The first-order valence-corrected chi connectivity index (χ1v) is 6.23. The predicted octanol–water partition coefficient (Wildman–Crippen LogP) is 0.769. The highest BCUT2D eigenvalue weighted by Gasteiger charge is 2.10. The van der Waals surface area contributed by atoms with Gasteiger partial charge in [-0.15, -0.1) is 0 Å². The van der Waals surface area contributed by atoms with Gasteiger partial charge >= 0.3 is 0 Å². The molecule has 21 heavy (non-hydrogen) atoms. The van der Waals surface area contributed by atoms with Crippen molar-refractivity contribution in [1.82, 2.24) is 15.1 Å². The molecule has 8 heteroatoms. The van der Waals surface area contributed by atoms with Crippen LogP contribution in [0.4, 0.5) is 11.5 Å². The molecule has 0 aliphatic carbocycles. The van der Waals surface area contributed by atoms with Gasteiger partial charge < -0.3 is 11.1 Å². The molecule has 0 atom stereocenters. The average molecular weight is 289 g/mol. The summed E-state index contributed by atoms with van der Waals surface area (Å²) in [7, 11) is 1.71. The smallest absolute Gasteiger partial charge is 0.269 e. The number of carbonyl (C=O) groups excluding carboxylic acids is 1. The van der Waals surface area contributed by atoms with Gasteiger partial charge in [0.2, 0.25) is 5.91 Å². The Balaban J connectivity index is 1.94. The zero-order valence-corrected chi connectivity index (χ0v) is 11.4. The summed E-state index contributed by atoms with van der Waals surface area (Å²) in [5.74, 6) is 0.254. The summed E-state index contributed by atoms with van der Waals surface area (Å²) in [4.78, 5) is 22.0. The van der Waals surface area contributed by atoms with E-state index in [1.165, 1.54) is 16.8 Å². The number of hydrogen-bond donors (Lipinski definition) is 2. The van der Waals surface area contributed by atoms with Crippen LogP contribution in [0, 0.1) is 10.1 Å². The Kier molecular flexibility index (Phi) is 4.17. The summed E-state index contributed by atoms with van der Waals surface area (Å²) in [6.45, 7) is 0.271. The summed E-state index contributed by atoms with van der Waals surface area (Å²) < 4.78 is 1.52. The number of nitrogens with one attached hydrogen (secondary N) is 1. The Morgan fingerprint density at radius 3 is 2.90 bits per heavy atom. The number of hydrogen-bond acceptors (Lipinski definition) is 5. The summed E-state index contributed by atoms with van der Waals surface area (Å²) in [5, 5.41) is 17.4. The average Bonchev–Trinajstić information content (AvgIpc) is 2.77. The minimum atomic E-state index is -0.488. The van der Waals surface area contributed by atoms with Crippen LogP contribution in [0.3, 0.4) is 0 Å². The summed E-state index contributed by atoms with van der Waals surface area (Å²) >= 11 is 0. The van der Waals surface area contributed by atoms with Gasteiger partial charge in [-0.3, -0.25) is 19.6 Å². The van der Waals surface area contributed by atoms with Crippen LogP contribution in [0.25, 0.3) is 0 Å². The maximum absolute atomic E-state index is 11.8. The molecule has 0 saturated heterocycles. The second-order valence-corrected chi connectivity index (χ2v) is 4.56. The highest BCUT2D eigenvalue weighted by Crippen LogP contribution is 2.13. The number of nitro benzene ring substituents is 1. The van der Waals surface area contributed by atoms with Crippen molar-refractivity contribution >= 4 is 17.4 Å². The van der Waals surface area contributed by atoms with Crippen molar-refractivity contribution in [3.63, 3.8) is 0 Å². The van der Waals surface area contributed by atoms with E-state index >= 15 is 0 Å². The van der Waals surface area contributed by atoms with Gasteiger partial charge in [0.25, 0.3) is 5.69 Å². The van der Waals surface area contributed by atoms with Crippen LogP contribution in [0.1, 0.15) is 11.1 Å². The van der Waals surface area contributed by atoms with Crippen molar-refractivity contribution < 1.29 is 9.72 Å². The molecule has 0 aliphatic heterocycles. The second kappa shape index (κ2) is 6.04. The van der Waals surface area contributed by atoms with Gasteiger partial charge in [-0.05, 0) is 5.56 Å². The number of aryl methyl sites for hydroxylation is 1. The number of non-ortho nitro benzene ring substituents is 1. The number of nitrogens with zero attached hydrogens (tertiary/aromatic N) is 3. The molecule has 2 rings (SSSR count). The first kappa shape index (κ1) is 14.5. The number of benzene rings is 1. The van der Waals surface area contributed by atoms with E-state index in [2.05, 4.69) is 10.4 Å². The molecule has 110 valence electrons. The molecule has 0 spiro atoms. The van der Waals surface area contributed by atoms with Gasteiger partial charge in [-0.2, -0.15) is 5.10 Å². The van der Waals surface area contributed by atoms with Crippen molar-refractivity contribution in [3.05, 3.63) is 51.7 Å². The van der Waals surface area contributed by atoms with Crippen LogP contribution < -0.4 is 11.1 Å². The minimum absolute atomic E-state index is 0.0307. The summed E-state index contributed by atoms with van der Waals surface area (Å²) in [6, 6.07) is 6.00. The molecule has 1 amide bonds. The fourth-order valence-electron chi connectivity index (χ4n) is 1.85. The zero-order valence-electron chi connectivity index (χ0n) is 11.4. The topological polar surface area (TPSA) is 116 Å². The molecule has 1 heterocycles. The van der Waals surface area contributed by atoms with Crippen molar-refractivity contribution in [2.75, 3.05) is 5.73 Å². The van der Waals surface area contributed by atoms with Crippen LogP contribution in [0.5, 0.6) is 0 Å². The van der Waals surface area contributed by atoms with Gasteiger partial charge in [-0.25, -0.2) is 0 Å². The van der Waals surface area contributed by atoms with E-state index in [4.69, 9.17) is 5.73 Å². The lowest BCUT2D eigenvalue weighted by molar-refractivity contribution is -0.384. The second-order valence-electron chi connectivity index (χ2n) is 4.56. The van der Waals surface area contributed by atoms with Gasteiger partial charge in [0.15, 0.2) is 0 Å². The predicted molar refractivity (Wildman–Crippen MR) is 76.3 cm³/mol. The van der Waals surface area contributed by atoms with Crippen molar-refractivity contribution in [1.29, 1.82) is 0 Å². The first-order chi connectivity index (χ1) is 9.97. The monoisotopic (exact) mass is 289 g/mol. The number of carbonyl (C=O) groups is 1. The molecule has 8 nitrogen and oxygen atoms in total. The van der Waals surface area contributed by atoms with Crippen LogP contribution >= 0.6 is 0 Å². The van der Waals surface area contributed by atoms with Gasteiger partial charge in [-0.1, -0.05) is 12.1 Å². The molecule has 1 aromatic carbocycles. The number of anilines is 1. The van der Waals surface area contributed by atoms with Gasteiger partial charge in [0.05, 0.1) is 17.5 Å². The Hall–Kier alpha value is -2.90. The van der Waals surface area contributed by atoms with Gasteiger partial charge in [0, 0.05) is 31.3 Å². The first-order valence-electron chi connectivity index (χ1n) is 6.23. The zero-order chi connectivity index (χ0) is 15.4. The van der Waals surface area contributed by atoms with Crippen molar-refractivity contribution in [2.24, 2.45) is 7.05 Å². The fraction of sp³-hybridized carbons (Fsp3) is 0.231. The molecule has 1 aromatic heterocycles. The molecular formula is C13H15N5O3. The number of nitrogen functional groups attached to an aromatic ring is 1. The summed E-state index contributed by atoms with van der Waals surface area (Å²) in [5.41, 5.74) is 7.05. The number of aromatic nitrogens is 2. The van der Waals surface area contributed by atoms with Crippen LogP contribution in [0.2, 0.25) is 0 Å². The molecule has 3 N–H and O–H groups in total. The van der Waals surface area contributed by atoms with E-state index in [1.54, 1.807) is 25.4 Å². The Bertz CT molecular complexity index is 680. The lowest BCUT2D eigenvalue weighted by Gasteiger charge is -2.05. The lowest BCUT2D eigenvalue weighted by Crippen LogP contribution is -2.24. The maximum atomic E-state index is 11.8. The van der Waals surface area contributed by atoms with Gasteiger partial charge in [0.1, 0.15) is 5.82 Å². The molecule has 0 saturated carbocycles. The fourth-order valence-corrected chi connectivity index (χ4v) is 1.85. The van der Waals surface area contributed by atoms with E-state index in [9.17, 15) is 14.9 Å². The molecular weight excluding hydrogens is 274 g/mol. The molecule has 0 fully saturated rings.